The van der Waals surface area contributed by atoms with E-state index in [4.69, 9.17) is 5.73 Å². The summed E-state index contributed by atoms with van der Waals surface area (Å²) in [4.78, 5) is 15.1. The third-order valence-corrected chi connectivity index (χ3v) is 7.42. The molecular formula is C21H21F3N2O3S. The SMILES string of the molecule is NC(=O)c1cc(-c2cccc(C(F)(F)F)c2)cc2c(C3CCS(O)(O)CC3)c[nH]c12. The summed E-state index contributed by atoms with van der Waals surface area (Å²) in [5.74, 6) is -0.0167. The number of aromatic amines is 1. The topological polar surface area (TPSA) is 99.3 Å². The predicted octanol–water partition coefficient (Wildman–Crippen LogP) is 5.58. The molecule has 1 aliphatic heterocycles. The molecule has 0 saturated carbocycles. The van der Waals surface area contributed by atoms with Crippen LogP contribution in [-0.4, -0.2) is 31.5 Å². The van der Waals surface area contributed by atoms with E-state index in [2.05, 4.69) is 4.98 Å². The first kappa shape index (κ1) is 20.8. The number of fused-ring (bicyclic) bond motifs is 1. The van der Waals surface area contributed by atoms with E-state index >= 15 is 0 Å². The van der Waals surface area contributed by atoms with Crippen LogP contribution in [0.3, 0.4) is 0 Å². The maximum absolute atomic E-state index is 13.1. The Balaban J connectivity index is 1.83. The number of hydrogen-bond acceptors (Lipinski definition) is 3. The average Bonchev–Trinajstić information content (AvgIpc) is 3.10. The standard InChI is InChI=1S/C21H21F3N2O3S/c22-21(23,24)15-3-1-2-13(8-15)14-9-16-18(12-4-6-30(28,29)7-5-12)11-26-19(16)17(10-14)20(25)27/h1-3,8-12,26,28-29H,4-7H2,(H2,25,27). The normalized spacial score (nSPS) is 18.4. The molecule has 5 N–H and O–H groups in total. The van der Waals surface area contributed by atoms with Crippen molar-refractivity contribution in [1.82, 2.24) is 4.98 Å². The Morgan fingerprint density at radius 3 is 2.43 bits per heavy atom. The van der Waals surface area contributed by atoms with E-state index in [1.165, 1.54) is 12.1 Å². The highest BCUT2D eigenvalue weighted by molar-refractivity contribution is 8.24. The van der Waals surface area contributed by atoms with Crippen LogP contribution in [0.1, 0.15) is 40.2 Å². The molecule has 5 nitrogen and oxygen atoms in total. The fourth-order valence-electron chi connectivity index (χ4n) is 4.05. The summed E-state index contributed by atoms with van der Waals surface area (Å²) in [7, 11) is -2.54. The van der Waals surface area contributed by atoms with Gasteiger partial charge in [0.25, 0.3) is 5.91 Å². The molecule has 0 atom stereocenters. The van der Waals surface area contributed by atoms with E-state index < -0.39 is 28.2 Å². The van der Waals surface area contributed by atoms with Gasteiger partial charge in [-0.2, -0.15) is 23.8 Å². The van der Waals surface area contributed by atoms with Crippen LogP contribution < -0.4 is 5.73 Å². The van der Waals surface area contributed by atoms with Crippen LogP contribution in [0.2, 0.25) is 0 Å². The molecule has 1 fully saturated rings. The van der Waals surface area contributed by atoms with Crippen molar-refractivity contribution in [3.8, 4) is 11.1 Å². The second-order valence-electron chi connectivity index (χ2n) is 7.62. The third-order valence-electron chi connectivity index (χ3n) is 5.64. The van der Waals surface area contributed by atoms with Gasteiger partial charge in [-0.15, -0.1) is 0 Å². The highest BCUT2D eigenvalue weighted by Crippen LogP contribution is 2.49. The van der Waals surface area contributed by atoms with Crippen LogP contribution in [0.4, 0.5) is 13.2 Å². The van der Waals surface area contributed by atoms with Crippen LogP contribution >= 0.6 is 10.6 Å². The van der Waals surface area contributed by atoms with Crippen LogP contribution in [0.15, 0.2) is 42.6 Å². The molecule has 0 radical (unpaired) electrons. The first-order valence-electron chi connectivity index (χ1n) is 9.41. The van der Waals surface area contributed by atoms with Gasteiger partial charge < -0.3 is 10.7 Å². The first-order valence-corrected chi connectivity index (χ1v) is 11.3. The Labute approximate surface area is 172 Å². The summed E-state index contributed by atoms with van der Waals surface area (Å²) in [5.41, 5.74) is 7.20. The van der Waals surface area contributed by atoms with Crippen molar-refractivity contribution in [2.24, 2.45) is 5.73 Å². The van der Waals surface area contributed by atoms with Crippen molar-refractivity contribution < 1.29 is 27.1 Å². The van der Waals surface area contributed by atoms with Crippen molar-refractivity contribution >= 4 is 27.4 Å². The third kappa shape index (κ3) is 3.92. The molecule has 30 heavy (non-hydrogen) atoms. The minimum atomic E-state index is -4.47. The number of benzene rings is 2. The lowest BCUT2D eigenvalue weighted by Gasteiger charge is -2.39. The number of nitrogens with one attached hydrogen (secondary N) is 1. The van der Waals surface area contributed by atoms with Gasteiger partial charge in [-0.25, -0.2) is 0 Å². The molecule has 1 aromatic heterocycles. The van der Waals surface area contributed by atoms with E-state index in [-0.39, 0.29) is 11.5 Å². The smallest absolute Gasteiger partial charge is 0.366 e. The Hall–Kier alpha value is -2.49. The lowest BCUT2D eigenvalue weighted by molar-refractivity contribution is -0.137. The summed E-state index contributed by atoms with van der Waals surface area (Å²) in [6, 6.07) is 8.19. The summed E-state index contributed by atoms with van der Waals surface area (Å²) >= 11 is 0. The van der Waals surface area contributed by atoms with Crippen molar-refractivity contribution in [3.05, 3.63) is 59.3 Å². The summed E-state index contributed by atoms with van der Waals surface area (Å²) in [6.45, 7) is 0. The minimum Gasteiger partial charge on any atom is -0.366 e. The molecule has 0 unspecified atom stereocenters. The van der Waals surface area contributed by atoms with Crippen molar-refractivity contribution in [2.75, 3.05) is 11.5 Å². The zero-order valence-corrected chi connectivity index (χ0v) is 16.7. The Bertz CT molecular complexity index is 1110. The maximum atomic E-state index is 13.1. The highest BCUT2D eigenvalue weighted by atomic mass is 32.3. The molecular weight excluding hydrogens is 417 g/mol. The van der Waals surface area contributed by atoms with Gasteiger partial charge in [-0.3, -0.25) is 13.9 Å². The Morgan fingerprint density at radius 1 is 1.10 bits per heavy atom. The molecule has 1 amide bonds. The minimum absolute atomic E-state index is 0.0520. The monoisotopic (exact) mass is 438 g/mol. The lowest BCUT2D eigenvalue weighted by Crippen LogP contribution is -2.19. The number of alkyl halides is 3. The van der Waals surface area contributed by atoms with Crippen molar-refractivity contribution in [3.63, 3.8) is 0 Å². The number of hydrogen-bond donors (Lipinski definition) is 4. The largest absolute Gasteiger partial charge is 0.416 e. The Morgan fingerprint density at radius 2 is 1.80 bits per heavy atom. The fraction of sp³-hybridized carbons (Fsp3) is 0.286. The number of carbonyl (C=O) groups is 1. The van der Waals surface area contributed by atoms with E-state index in [9.17, 15) is 27.1 Å². The quantitative estimate of drug-likeness (QED) is 0.429. The van der Waals surface area contributed by atoms with Gasteiger partial charge in [0.1, 0.15) is 0 Å². The van der Waals surface area contributed by atoms with Crippen molar-refractivity contribution in [1.29, 1.82) is 0 Å². The van der Waals surface area contributed by atoms with E-state index in [1.807, 2.05) is 0 Å². The van der Waals surface area contributed by atoms with E-state index in [1.54, 1.807) is 18.3 Å². The van der Waals surface area contributed by atoms with Crippen LogP contribution in [0.25, 0.3) is 22.0 Å². The summed E-state index contributed by atoms with van der Waals surface area (Å²) < 4.78 is 59.2. The maximum Gasteiger partial charge on any atom is 0.416 e. The molecule has 2 heterocycles. The highest BCUT2D eigenvalue weighted by Gasteiger charge is 2.31. The molecule has 160 valence electrons. The second kappa shape index (κ2) is 7.33. The number of amides is 1. The number of primary amides is 1. The second-order valence-corrected chi connectivity index (χ2v) is 10.0. The molecule has 9 heteroatoms. The number of rotatable bonds is 3. The van der Waals surface area contributed by atoms with Gasteiger partial charge in [0, 0.05) is 23.1 Å². The predicted molar refractivity (Wildman–Crippen MR) is 112 cm³/mol. The van der Waals surface area contributed by atoms with Gasteiger partial charge in [-0.05, 0) is 59.7 Å². The molecule has 4 rings (SSSR count). The molecule has 0 spiro atoms. The van der Waals surface area contributed by atoms with Gasteiger partial charge in [0.2, 0.25) is 0 Å². The van der Waals surface area contributed by atoms with Gasteiger partial charge >= 0.3 is 6.18 Å². The number of aromatic nitrogens is 1. The lowest BCUT2D eigenvalue weighted by atomic mass is 9.90. The summed E-state index contributed by atoms with van der Waals surface area (Å²) in [6.07, 6.45) is -1.55. The molecule has 1 saturated heterocycles. The molecule has 2 aromatic carbocycles. The number of H-pyrrole nitrogens is 1. The van der Waals surface area contributed by atoms with E-state index in [0.717, 1.165) is 17.7 Å². The van der Waals surface area contributed by atoms with Gasteiger partial charge in [0.15, 0.2) is 0 Å². The average molecular weight is 438 g/mol. The first-order chi connectivity index (χ1) is 14.0. The Kier molecular flexibility index (Phi) is 5.08. The van der Waals surface area contributed by atoms with Crippen LogP contribution in [0.5, 0.6) is 0 Å². The molecule has 3 aromatic rings. The number of nitrogens with two attached hydrogens (primary N) is 1. The van der Waals surface area contributed by atoms with Gasteiger partial charge in [-0.1, -0.05) is 12.1 Å². The number of halogens is 3. The zero-order valence-electron chi connectivity index (χ0n) is 15.9. The van der Waals surface area contributed by atoms with Crippen LogP contribution in [-0.2, 0) is 6.18 Å². The molecule has 0 bridgehead atoms. The van der Waals surface area contributed by atoms with Crippen molar-refractivity contribution in [2.45, 2.75) is 24.9 Å². The fourth-order valence-corrected chi connectivity index (χ4v) is 5.57. The molecule has 0 aliphatic carbocycles. The summed E-state index contributed by atoms with van der Waals surface area (Å²) in [5, 5.41) is 0.710. The van der Waals surface area contributed by atoms with E-state index in [0.29, 0.717) is 46.4 Å². The van der Waals surface area contributed by atoms with Crippen LogP contribution in [0, 0.1) is 0 Å². The molecule has 1 aliphatic rings. The van der Waals surface area contributed by atoms with Gasteiger partial charge in [0.05, 0.1) is 16.6 Å². The number of carbonyl (C=O) groups excluding carboxylic acids is 1. The zero-order chi connectivity index (χ0) is 21.7.